The van der Waals surface area contributed by atoms with Crippen molar-refractivity contribution >= 4 is 17.5 Å². The van der Waals surface area contributed by atoms with E-state index in [2.05, 4.69) is 5.32 Å². The van der Waals surface area contributed by atoms with Gasteiger partial charge in [0.2, 0.25) is 5.91 Å². The van der Waals surface area contributed by atoms with Gasteiger partial charge in [0.25, 0.3) is 5.91 Å². The van der Waals surface area contributed by atoms with Crippen LogP contribution in [0.2, 0.25) is 0 Å². The van der Waals surface area contributed by atoms with Gasteiger partial charge in [0.1, 0.15) is 11.6 Å². The van der Waals surface area contributed by atoms with Gasteiger partial charge in [-0.25, -0.2) is 8.78 Å². The molecule has 1 heterocycles. The van der Waals surface area contributed by atoms with Crippen molar-refractivity contribution in [1.82, 2.24) is 4.90 Å². The zero-order valence-electron chi connectivity index (χ0n) is 12.9. The highest BCUT2D eigenvalue weighted by molar-refractivity contribution is 6.04. The summed E-state index contributed by atoms with van der Waals surface area (Å²) in [5.74, 6) is -1.92. The number of hydrogen-bond acceptors (Lipinski definition) is 2. The Kier molecular flexibility index (Phi) is 4.55. The summed E-state index contributed by atoms with van der Waals surface area (Å²) in [7, 11) is 0. The fourth-order valence-corrected chi connectivity index (χ4v) is 2.69. The van der Waals surface area contributed by atoms with Crippen LogP contribution in [0, 0.1) is 11.6 Å². The molecular formula is C18H16F2N2O2. The smallest absolute Gasteiger partial charge is 0.255 e. The molecule has 0 bridgehead atoms. The van der Waals surface area contributed by atoms with E-state index in [1.54, 1.807) is 23.1 Å². The summed E-state index contributed by atoms with van der Waals surface area (Å²) < 4.78 is 26.5. The molecule has 1 aliphatic rings. The highest BCUT2D eigenvalue weighted by Crippen LogP contribution is 2.18. The van der Waals surface area contributed by atoms with E-state index in [9.17, 15) is 18.4 Å². The minimum Gasteiger partial charge on any atom is -0.338 e. The van der Waals surface area contributed by atoms with Crippen LogP contribution in [0.15, 0.2) is 42.5 Å². The van der Waals surface area contributed by atoms with Crippen molar-refractivity contribution < 1.29 is 18.4 Å². The minimum absolute atomic E-state index is 0.0819. The van der Waals surface area contributed by atoms with Gasteiger partial charge in [-0.3, -0.25) is 9.59 Å². The summed E-state index contributed by atoms with van der Waals surface area (Å²) in [6.07, 6.45) is 1.41. The Balaban J connectivity index is 1.73. The first-order valence-corrected chi connectivity index (χ1v) is 7.66. The molecule has 0 spiro atoms. The number of hydrogen-bond donors (Lipinski definition) is 1. The molecule has 0 unspecified atom stereocenters. The van der Waals surface area contributed by atoms with Gasteiger partial charge >= 0.3 is 0 Å². The van der Waals surface area contributed by atoms with E-state index >= 15 is 0 Å². The van der Waals surface area contributed by atoms with E-state index in [4.69, 9.17) is 0 Å². The Morgan fingerprint density at radius 1 is 1.17 bits per heavy atom. The van der Waals surface area contributed by atoms with Crippen LogP contribution in [0.25, 0.3) is 0 Å². The van der Waals surface area contributed by atoms with Crippen LogP contribution in [-0.4, -0.2) is 23.3 Å². The number of carbonyl (C=O) groups excluding carboxylic acids is 2. The second-order valence-electron chi connectivity index (χ2n) is 5.70. The number of likely N-dealkylation sites (tertiary alicyclic amines) is 1. The van der Waals surface area contributed by atoms with Crippen LogP contribution >= 0.6 is 0 Å². The lowest BCUT2D eigenvalue weighted by molar-refractivity contribution is -0.128. The maximum atomic E-state index is 13.6. The van der Waals surface area contributed by atoms with E-state index in [1.165, 1.54) is 6.07 Å². The van der Waals surface area contributed by atoms with Gasteiger partial charge in [-0.05, 0) is 36.2 Å². The Bertz CT molecular complexity index is 792. The molecule has 2 amide bonds. The van der Waals surface area contributed by atoms with Crippen molar-refractivity contribution in [3.8, 4) is 0 Å². The molecule has 1 saturated heterocycles. The van der Waals surface area contributed by atoms with Gasteiger partial charge in [0, 0.05) is 31.1 Å². The molecule has 6 heteroatoms. The van der Waals surface area contributed by atoms with Crippen LogP contribution in [0.1, 0.15) is 28.8 Å². The number of anilines is 1. The summed E-state index contributed by atoms with van der Waals surface area (Å²) in [6.45, 7) is 1.17. The molecule has 0 atom stereocenters. The van der Waals surface area contributed by atoms with Crippen molar-refractivity contribution in [2.75, 3.05) is 11.9 Å². The first kappa shape index (κ1) is 16.1. The number of rotatable bonds is 4. The van der Waals surface area contributed by atoms with Gasteiger partial charge in [0.15, 0.2) is 0 Å². The molecule has 1 aliphatic heterocycles. The molecule has 3 rings (SSSR count). The second kappa shape index (κ2) is 6.78. The number of nitrogens with one attached hydrogen (secondary N) is 1. The third-order valence-electron chi connectivity index (χ3n) is 3.91. The van der Waals surface area contributed by atoms with Crippen LogP contribution < -0.4 is 5.32 Å². The zero-order chi connectivity index (χ0) is 17.1. The molecule has 0 saturated carbocycles. The lowest BCUT2D eigenvalue weighted by Crippen LogP contribution is -2.24. The lowest BCUT2D eigenvalue weighted by atomic mass is 10.1. The normalized spacial score (nSPS) is 14.1. The first-order valence-electron chi connectivity index (χ1n) is 7.66. The molecule has 4 nitrogen and oxygen atoms in total. The Labute approximate surface area is 138 Å². The SMILES string of the molecule is O=C(Nc1ccc(F)cc1F)c1cccc(CN2CCCC2=O)c1. The molecule has 1 fully saturated rings. The highest BCUT2D eigenvalue weighted by Gasteiger charge is 2.20. The number of carbonyl (C=O) groups is 2. The Morgan fingerprint density at radius 3 is 2.71 bits per heavy atom. The molecule has 0 radical (unpaired) electrons. The maximum Gasteiger partial charge on any atom is 0.255 e. The monoisotopic (exact) mass is 330 g/mol. The van der Waals surface area contributed by atoms with Crippen molar-refractivity contribution in [2.24, 2.45) is 0 Å². The average Bonchev–Trinajstić information content (AvgIpc) is 2.95. The van der Waals surface area contributed by atoms with E-state index in [-0.39, 0.29) is 11.6 Å². The van der Waals surface area contributed by atoms with Gasteiger partial charge in [0.05, 0.1) is 5.69 Å². The average molecular weight is 330 g/mol. The summed E-state index contributed by atoms with van der Waals surface area (Å²) in [5, 5.41) is 2.42. The van der Waals surface area contributed by atoms with Crippen LogP contribution in [-0.2, 0) is 11.3 Å². The largest absolute Gasteiger partial charge is 0.338 e. The fraction of sp³-hybridized carbons (Fsp3) is 0.222. The second-order valence-corrected chi connectivity index (χ2v) is 5.70. The quantitative estimate of drug-likeness (QED) is 0.935. The molecule has 0 aromatic heterocycles. The van der Waals surface area contributed by atoms with Gasteiger partial charge in [-0.2, -0.15) is 0 Å². The summed E-state index contributed by atoms with van der Waals surface area (Å²) >= 11 is 0. The van der Waals surface area contributed by atoms with Crippen molar-refractivity contribution in [3.63, 3.8) is 0 Å². The molecule has 0 aliphatic carbocycles. The minimum atomic E-state index is -0.831. The van der Waals surface area contributed by atoms with Gasteiger partial charge in [-0.15, -0.1) is 0 Å². The molecule has 24 heavy (non-hydrogen) atoms. The summed E-state index contributed by atoms with van der Waals surface area (Å²) in [4.78, 5) is 25.7. The predicted molar refractivity (Wildman–Crippen MR) is 85.4 cm³/mol. The molecule has 124 valence electrons. The first-order chi connectivity index (χ1) is 11.5. The van der Waals surface area contributed by atoms with Crippen molar-refractivity contribution in [3.05, 3.63) is 65.2 Å². The molecular weight excluding hydrogens is 314 g/mol. The van der Waals surface area contributed by atoms with Crippen LogP contribution in [0.4, 0.5) is 14.5 Å². The van der Waals surface area contributed by atoms with Crippen LogP contribution in [0.3, 0.4) is 0 Å². The number of nitrogens with zero attached hydrogens (tertiary/aromatic N) is 1. The zero-order valence-corrected chi connectivity index (χ0v) is 12.9. The number of halogens is 2. The third-order valence-corrected chi connectivity index (χ3v) is 3.91. The van der Waals surface area contributed by atoms with E-state index in [0.717, 1.165) is 24.6 Å². The lowest BCUT2D eigenvalue weighted by Gasteiger charge is -2.16. The van der Waals surface area contributed by atoms with Gasteiger partial charge in [-0.1, -0.05) is 12.1 Å². The third kappa shape index (κ3) is 3.59. The number of amides is 2. The van der Waals surface area contributed by atoms with E-state index in [1.807, 2.05) is 6.07 Å². The van der Waals surface area contributed by atoms with Crippen LogP contribution in [0.5, 0.6) is 0 Å². The molecule has 1 N–H and O–H groups in total. The van der Waals surface area contributed by atoms with Crippen molar-refractivity contribution in [1.29, 1.82) is 0 Å². The number of benzene rings is 2. The summed E-state index contributed by atoms with van der Waals surface area (Å²) in [6, 6.07) is 9.79. The van der Waals surface area contributed by atoms with Crippen molar-refractivity contribution in [2.45, 2.75) is 19.4 Å². The van der Waals surface area contributed by atoms with E-state index in [0.29, 0.717) is 24.6 Å². The van der Waals surface area contributed by atoms with E-state index < -0.39 is 17.5 Å². The highest BCUT2D eigenvalue weighted by atomic mass is 19.1. The topological polar surface area (TPSA) is 49.4 Å². The predicted octanol–water partition coefficient (Wildman–Crippen LogP) is 3.34. The Morgan fingerprint density at radius 2 is 2.00 bits per heavy atom. The maximum absolute atomic E-state index is 13.6. The fourth-order valence-electron chi connectivity index (χ4n) is 2.69. The van der Waals surface area contributed by atoms with Gasteiger partial charge < -0.3 is 10.2 Å². The molecule has 2 aromatic carbocycles. The molecule has 2 aromatic rings. The summed E-state index contributed by atoms with van der Waals surface area (Å²) in [5.41, 5.74) is 1.10. The standard InChI is InChI=1S/C18H16F2N2O2/c19-14-6-7-16(15(20)10-14)21-18(24)13-4-1-3-12(9-13)11-22-8-2-5-17(22)23/h1,3-4,6-7,9-10H,2,5,8,11H2,(H,21,24). The Hall–Kier alpha value is -2.76.